The normalized spacial score (nSPS) is 16.1. The van der Waals surface area contributed by atoms with Gasteiger partial charge >= 0.3 is 0 Å². The van der Waals surface area contributed by atoms with Crippen LogP contribution in [0.2, 0.25) is 0 Å². The largest absolute Gasteiger partial charge is 0.490 e. The van der Waals surface area contributed by atoms with Crippen LogP contribution in [-0.4, -0.2) is 12.1 Å². The van der Waals surface area contributed by atoms with E-state index in [1.54, 1.807) is 0 Å². The maximum atomic E-state index is 5.99. The fourth-order valence-corrected chi connectivity index (χ4v) is 1.88. The number of benzene rings is 1. The molecular formula is C16H27NO. The molecule has 0 aromatic heterocycles. The Kier molecular flexibility index (Phi) is 6.20. The fourth-order valence-electron chi connectivity index (χ4n) is 1.88. The van der Waals surface area contributed by atoms with Gasteiger partial charge in [-0.3, -0.25) is 0 Å². The van der Waals surface area contributed by atoms with Crippen LogP contribution in [0.4, 0.5) is 0 Å². The molecule has 0 aliphatic heterocycles. The highest BCUT2D eigenvalue weighted by atomic mass is 16.5. The molecule has 0 spiro atoms. The predicted octanol–water partition coefficient (Wildman–Crippen LogP) is 4.31. The molecule has 0 aliphatic carbocycles. The summed E-state index contributed by atoms with van der Waals surface area (Å²) in [6.45, 7) is 10.9. The molecule has 2 heteroatoms. The Balaban J connectivity index is 2.80. The Hall–Kier alpha value is -1.02. The van der Waals surface area contributed by atoms with Crippen LogP contribution in [0.25, 0.3) is 0 Å². The third-order valence-corrected chi connectivity index (χ3v) is 3.44. The summed E-state index contributed by atoms with van der Waals surface area (Å²) in [6.07, 6.45) is 2.43. The van der Waals surface area contributed by atoms with E-state index in [4.69, 9.17) is 4.74 Å². The zero-order valence-corrected chi connectivity index (χ0v) is 12.4. The minimum Gasteiger partial charge on any atom is -0.490 e. The maximum Gasteiger partial charge on any atom is 0.124 e. The Morgan fingerprint density at radius 1 is 1.06 bits per heavy atom. The molecule has 3 atom stereocenters. The van der Waals surface area contributed by atoms with Gasteiger partial charge in [0.05, 0.1) is 6.10 Å². The highest BCUT2D eigenvalue weighted by molar-refractivity contribution is 5.35. The first-order valence-corrected chi connectivity index (χ1v) is 7.10. The minimum atomic E-state index is 0.266. The first-order chi connectivity index (χ1) is 8.58. The van der Waals surface area contributed by atoms with E-state index in [0.29, 0.717) is 12.1 Å². The van der Waals surface area contributed by atoms with Gasteiger partial charge in [-0.15, -0.1) is 0 Å². The Bertz CT molecular complexity index is 351. The summed E-state index contributed by atoms with van der Waals surface area (Å²) in [5.74, 6) is 1.01. The molecular weight excluding hydrogens is 222 g/mol. The van der Waals surface area contributed by atoms with Crippen molar-refractivity contribution in [3.8, 4) is 5.75 Å². The topological polar surface area (TPSA) is 21.3 Å². The van der Waals surface area contributed by atoms with Gasteiger partial charge in [0, 0.05) is 17.6 Å². The lowest BCUT2D eigenvalue weighted by Crippen LogP contribution is -2.28. The summed E-state index contributed by atoms with van der Waals surface area (Å²) in [5, 5.41) is 3.60. The fraction of sp³-hybridized carbons (Fsp3) is 0.625. The van der Waals surface area contributed by atoms with Crippen molar-refractivity contribution in [1.82, 2.24) is 5.32 Å². The average molecular weight is 249 g/mol. The van der Waals surface area contributed by atoms with E-state index in [1.165, 1.54) is 5.56 Å². The lowest BCUT2D eigenvalue weighted by Gasteiger charge is -2.23. The van der Waals surface area contributed by atoms with Gasteiger partial charge < -0.3 is 10.1 Å². The molecule has 1 aromatic rings. The molecule has 0 fully saturated rings. The van der Waals surface area contributed by atoms with Gasteiger partial charge in [-0.1, -0.05) is 32.0 Å². The summed E-state index contributed by atoms with van der Waals surface area (Å²) >= 11 is 0. The SMILES string of the molecule is CC[C@@H](C)N[C@@H](C)c1ccccc1O[C@@H](C)CC. The van der Waals surface area contributed by atoms with E-state index in [0.717, 1.165) is 18.6 Å². The molecule has 0 heterocycles. The van der Waals surface area contributed by atoms with Crippen molar-refractivity contribution in [2.45, 2.75) is 65.6 Å². The number of rotatable bonds is 7. The summed E-state index contributed by atoms with van der Waals surface area (Å²) in [4.78, 5) is 0. The van der Waals surface area contributed by atoms with Gasteiger partial charge in [0.2, 0.25) is 0 Å². The minimum absolute atomic E-state index is 0.266. The second kappa shape index (κ2) is 7.42. The Labute approximate surface area is 112 Å². The van der Waals surface area contributed by atoms with Gasteiger partial charge in [0.25, 0.3) is 0 Å². The molecule has 0 aliphatic rings. The van der Waals surface area contributed by atoms with Crippen LogP contribution in [0, 0.1) is 0 Å². The standard InChI is InChI=1S/C16H27NO/c1-6-12(3)17-14(5)15-10-8-9-11-16(15)18-13(4)7-2/h8-14,17H,6-7H2,1-5H3/t12-,13+,14+/m1/s1. The van der Waals surface area contributed by atoms with Gasteiger partial charge in [-0.05, 0) is 39.7 Å². The molecule has 1 aromatic carbocycles. The highest BCUT2D eigenvalue weighted by Crippen LogP contribution is 2.26. The number of hydrogen-bond acceptors (Lipinski definition) is 2. The van der Waals surface area contributed by atoms with Gasteiger partial charge in [-0.2, -0.15) is 0 Å². The first-order valence-electron chi connectivity index (χ1n) is 7.10. The summed E-state index contributed by atoms with van der Waals surface area (Å²) in [7, 11) is 0. The van der Waals surface area contributed by atoms with E-state index in [-0.39, 0.29) is 6.10 Å². The van der Waals surface area contributed by atoms with Crippen molar-refractivity contribution in [2.75, 3.05) is 0 Å². The summed E-state index contributed by atoms with van der Waals surface area (Å²) < 4.78 is 5.99. The van der Waals surface area contributed by atoms with E-state index >= 15 is 0 Å². The molecule has 102 valence electrons. The average Bonchev–Trinajstić information content (AvgIpc) is 2.38. The molecule has 0 amide bonds. The van der Waals surface area contributed by atoms with Crippen molar-refractivity contribution < 1.29 is 4.74 Å². The zero-order valence-electron chi connectivity index (χ0n) is 12.4. The third-order valence-electron chi connectivity index (χ3n) is 3.44. The van der Waals surface area contributed by atoms with E-state index in [2.05, 4.69) is 58.1 Å². The van der Waals surface area contributed by atoms with Crippen LogP contribution in [0.3, 0.4) is 0 Å². The quantitative estimate of drug-likeness (QED) is 0.777. The Morgan fingerprint density at radius 2 is 1.72 bits per heavy atom. The van der Waals surface area contributed by atoms with Crippen LogP contribution >= 0.6 is 0 Å². The zero-order chi connectivity index (χ0) is 13.5. The molecule has 18 heavy (non-hydrogen) atoms. The van der Waals surface area contributed by atoms with Gasteiger partial charge in [0.1, 0.15) is 5.75 Å². The van der Waals surface area contributed by atoms with Crippen LogP contribution in [0.5, 0.6) is 5.75 Å². The summed E-state index contributed by atoms with van der Waals surface area (Å²) in [5.41, 5.74) is 1.25. The van der Waals surface area contributed by atoms with Crippen LogP contribution in [0.15, 0.2) is 24.3 Å². The highest BCUT2D eigenvalue weighted by Gasteiger charge is 2.14. The maximum absolute atomic E-state index is 5.99. The lowest BCUT2D eigenvalue weighted by atomic mass is 10.1. The van der Waals surface area contributed by atoms with E-state index in [9.17, 15) is 0 Å². The van der Waals surface area contributed by atoms with Gasteiger partial charge in [-0.25, -0.2) is 0 Å². The van der Waals surface area contributed by atoms with Crippen molar-refractivity contribution in [3.63, 3.8) is 0 Å². The number of para-hydroxylation sites is 1. The molecule has 0 radical (unpaired) electrons. The lowest BCUT2D eigenvalue weighted by molar-refractivity contribution is 0.213. The van der Waals surface area contributed by atoms with Crippen molar-refractivity contribution >= 4 is 0 Å². The smallest absolute Gasteiger partial charge is 0.124 e. The second-order valence-corrected chi connectivity index (χ2v) is 5.07. The van der Waals surface area contributed by atoms with E-state index in [1.807, 2.05) is 6.07 Å². The van der Waals surface area contributed by atoms with Crippen molar-refractivity contribution in [1.29, 1.82) is 0 Å². The van der Waals surface area contributed by atoms with Crippen molar-refractivity contribution in [3.05, 3.63) is 29.8 Å². The predicted molar refractivity (Wildman–Crippen MR) is 78.1 cm³/mol. The number of nitrogens with one attached hydrogen (secondary N) is 1. The number of hydrogen-bond donors (Lipinski definition) is 1. The van der Waals surface area contributed by atoms with Crippen LogP contribution in [-0.2, 0) is 0 Å². The molecule has 1 N–H and O–H groups in total. The molecule has 0 saturated carbocycles. The molecule has 1 rings (SSSR count). The monoisotopic (exact) mass is 249 g/mol. The van der Waals surface area contributed by atoms with E-state index < -0.39 is 0 Å². The Morgan fingerprint density at radius 3 is 2.33 bits per heavy atom. The van der Waals surface area contributed by atoms with Gasteiger partial charge in [0.15, 0.2) is 0 Å². The third kappa shape index (κ3) is 4.34. The van der Waals surface area contributed by atoms with Crippen molar-refractivity contribution in [2.24, 2.45) is 0 Å². The first kappa shape index (κ1) is 15.0. The van der Waals surface area contributed by atoms with Crippen LogP contribution in [0.1, 0.15) is 59.1 Å². The molecule has 0 unspecified atom stereocenters. The molecule has 2 nitrogen and oxygen atoms in total. The number of ether oxygens (including phenoxy) is 1. The molecule has 0 saturated heterocycles. The summed E-state index contributed by atoms with van der Waals surface area (Å²) in [6, 6.07) is 9.18. The molecule has 0 bridgehead atoms. The van der Waals surface area contributed by atoms with Crippen LogP contribution < -0.4 is 10.1 Å². The second-order valence-electron chi connectivity index (χ2n) is 5.07.